The molecular weight excluding hydrogens is 250 g/mol. The molecule has 5 nitrogen and oxygen atoms in total. The Kier molecular flexibility index (Phi) is 3.18. The third-order valence-electron chi connectivity index (χ3n) is 3.69. The fourth-order valence-corrected chi connectivity index (χ4v) is 2.58. The minimum absolute atomic E-state index is 0.421. The molecule has 3 aromatic rings. The first-order valence-corrected chi connectivity index (χ1v) is 6.96. The number of pyridine rings is 1. The highest BCUT2D eigenvalue weighted by molar-refractivity contribution is 5.92. The van der Waals surface area contributed by atoms with Gasteiger partial charge >= 0.3 is 0 Å². The Morgan fingerprint density at radius 2 is 2.20 bits per heavy atom. The number of nitrogens with two attached hydrogens (primary N) is 1. The third-order valence-corrected chi connectivity index (χ3v) is 3.69. The second kappa shape index (κ2) is 5.00. The van der Waals surface area contributed by atoms with Crippen molar-refractivity contribution >= 4 is 11.0 Å². The second-order valence-electron chi connectivity index (χ2n) is 5.17. The molecule has 0 bridgehead atoms. The van der Waals surface area contributed by atoms with E-state index in [-0.39, 0.29) is 0 Å². The molecule has 0 aliphatic heterocycles. The van der Waals surface area contributed by atoms with Crippen molar-refractivity contribution in [1.82, 2.24) is 19.4 Å². The number of aromatic nitrogens is 4. The predicted molar refractivity (Wildman–Crippen MR) is 80.7 cm³/mol. The molecule has 0 saturated heterocycles. The van der Waals surface area contributed by atoms with Gasteiger partial charge in [-0.15, -0.1) is 0 Å². The van der Waals surface area contributed by atoms with Crippen LogP contribution in [0.5, 0.6) is 0 Å². The lowest BCUT2D eigenvalue weighted by Crippen LogP contribution is -2.06. The predicted octanol–water partition coefficient (Wildman–Crippen LogP) is 2.97. The van der Waals surface area contributed by atoms with Crippen LogP contribution >= 0.6 is 0 Å². The van der Waals surface area contributed by atoms with Gasteiger partial charge < -0.3 is 5.84 Å². The van der Waals surface area contributed by atoms with Gasteiger partial charge in [0.15, 0.2) is 5.65 Å². The van der Waals surface area contributed by atoms with Crippen LogP contribution in [0.15, 0.2) is 36.9 Å². The molecule has 5 heteroatoms. The van der Waals surface area contributed by atoms with Crippen LogP contribution in [-0.2, 0) is 0 Å². The summed E-state index contributed by atoms with van der Waals surface area (Å²) in [6.07, 6.45) is 9.91. The monoisotopic (exact) mass is 269 g/mol. The molecule has 104 valence electrons. The molecule has 20 heavy (non-hydrogen) atoms. The lowest BCUT2D eigenvalue weighted by Gasteiger charge is -2.09. The highest BCUT2D eigenvalue weighted by Crippen LogP contribution is 2.28. The Morgan fingerprint density at radius 1 is 1.35 bits per heavy atom. The molecule has 1 atom stereocenters. The van der Waals surface area contributed by atoms with Crippen molar-refractivity contribution in [3.63, 3.8) is 0 Å². The van der Waals surface area contributed by atoms with Crippen molar-refractivity contribution in [2.24, 2.45) is 0 Å². The number of hydrogen-bond donors (Lipinski definition) is 1. The van der Waals surface area contributed by atoms with Crippen molar-refractivity contribution in [3.05, 3.63) is 36.9 Å². The summed E-state index contributed by atoms with van der Waals surface area (Å²) in [6, 6.07) is 4.42. The van der Waals surface area contributed by atoms with Crippen LogP contribution in [0.2, 0.25) is 0 Å². The van der Waals surface area contributed by atoms with Gasteiger partial charge in [0.2, 0.25) is 0 Å². The molecule has 3 aromatic heterocycles. The molecule has 2 N–H and O–H groups in total. The Labute approximate surface area is 118 Å². The Morgan fingerprint density at radius 3 is 3.00 bits per heavy atom. The SMILES string of the molecule is CCC[C@H](C)n1cc(-c2ccnc3c2ccn3N)cn1. The lowest BCUT2D eigenvalue weighted by atomic mass is 10.1. The van der Waals surface area contributed by atoms with Crippen molar-refractivity contribution < 1.29 is 0 Å². The second-order valence-corrected chi connectivity index (χ2v) is 5.17. The molecule has 0 aliphatic carbocycles. The van der Waals surface area contributed by atoms with Gasteiger partial charge in [-0.25, -0.2) is 4.98 Å². The van der Waals surface area contributed by atoms with Crippen LogP contribution in [0.3, 0.4) is 0 Å². The van der Waals surface area contributed by atoms with E-state index in [1.54, 1.807) is 10.9 Å². The van der Waals surface area contributed by atoms with Gasteiger partial charge in [-0.2, -0.15) is 5.10 Å². The highest BCUT2D eigenvalue weighted by Gasteiger charge is 2.11. The van der Waals surface area contributed by atoms with Crippen LogP contribution < -0.4 is 5.84 Å². The van der Waals surface area contributed by atoms with Gasteiger partial charge in [0.1, 0.15) is 0 Å². The van der Waals surface area contributed by atoms with E-state index in [1.807, 2.05) is 29.2 Å². The average Bonchev–Trinajstić information content (AvgIpc) is 3.07. The van der Waals surface area contributed by atoms with E-state index < -0.39 is 0 Å². The van der Waals surface area contributed by atoms with Crippen molar-refractivity contribution in [3.8, 4) is 11.1 Å². The molecule has 0 fully saturated rings. The third kappa shape index (κ3) is 2.05. The van der Waals surface area contributed by atoms with Crippen LogP contribution in [0.4, 0.5) is 0 Å². The van der Waals surface area contributed by atoms with Gasteiger partial charge in [0, 0.05) is 35.6 Å². The first kappa shape index (κ1) is 12.7. The zero-order chi connectivity index (χ0) is 14.1. The summed E-state index contributed by atoms with van der Waals surface area (Å²) in [5.41, 5.74) is 3.01. The molecule has 3 rings (SSSR count). The van der Waals surface area contributed by atoms with E-state index >= 15 is 0 Å². The van der Waals surface area contributed by atoms with Crippen molar-refractivity contribution in [2.75, 3.05) is 5.84 Å². The highest BCUT2D eigenvalue weighted by atomic mass is 15.3. The van der Waals surface area contributed by atoms with Crippen LogP contribution in [0, 0.1) is 0 Å². The van der Waals surface area contributed by atoms with Crippen LogP contribution in [-0.4, -0.2) is 19.4 Å². The Balaban J connectivity index is 2.03. The maximum absolute atomic E-state index is 5.85. The number of fused-ring (bicyclic) bond motifs is 1. The largest absolute Gasteiger partial charge is 0.338 e. The molecule has 0 aliphatic rings. The number of nitrogens with zero attached hydrogens (tertiary/aromatic N) is 4. The maximum atomic E-state index is 5.85. The van der Waals surface area contributed by atoms with E-state index in [9.17, 15) is 0 Å². The Hall–Kier alpha value is -2.30. The zero-order valence-corrected chi connectivity index (χ0v) is 11.8. The number of nitrogen functional groups attached to an aromatic ring is 1. The first-order valence-electron chi connectivity index (χ1n) is 6.96. The van der Waals surface area contributed by atoms with Crippen molar-refractivity contribution in [2.45, 2.75) is 32.7 Å². The molecule has 0 spiro atoms. The van der Waals surface area contributed by atoms with Crippen molar-refractivity contribution in [1.29, 1.82) is 0 Å². The molecule has 3 heterocycles. The minimum Gasteiger partial charge on any atom is -0.338 e. The summed E-state index contributed by atoms with van der Waals surface area (Å²) in [5, 5.41) is 5.54. The normalized spacial score (nSPS) is 12.9. The fraction of sp³-hybridized carbons (Fsp3) is 0.333. The number of rotatable bonds is 4. The molecule has 0 radical (unpaired) electrons. The van der Waals surface area contributed by atoms with E-state index in [4.69, 9.17) is 5.84 Å². The summed E-state index contributed by atoms with van der Waals surface area (Å²) >= 11 is 0. The quantitative estimate of drug-likeness (QED) is 0.741. The summed E-state index contributed by atoms with van der Waals surface area (Å²) < 4.78 is 3.58. The summed E-state index contributed by atoms with van der Waals surface area (Å²) in [6.45, 7) is 4.38. The van der Waals surface area contributed by atoms with E-state index in [1.165, 1.54) is 0 Å². The number of hydrogen-bond acceptors (Lipinski definition) is 3. The van der Waals surface area contributed by atoms with E-state index in [0.717, 1.165) is 35.0 Å². The molecule has 0 amide bonds. The van der Waals surface area contributed by atoms with Gasteiger partial charge in [0.25, 0.3) is 0 Å². The molecular formula is C15H19N5. The van der Waals surface area contributed by atoms with Crippen LogP contribution in [0.1, 0.15) is 32.7 Å². The molecule has 0 saturated carbocycles. The maximum Gasteiger partial charge on any atom is 0.158 e. The van der Waals surface area contributed by atoms with Gasteiger partial charge in [-0.05, 0) is 31.0 Å². The van der Waals surface area contributed by atoms with Gasteiger partial charge in [-0.1, -0.05) is 13.3 Å². The van der Waals surface area contributed by atoms with Gasteiger partial charge in [-0.3, -0.25) is 9.36 Å². The minimum atomic E-state index is 0.421. The zero-order valence-electron chi connectivity index (χ0n) is 11.8. The average molecular weight is 269 g/mol. The summed E-state index contributed by atoms with van der Waals surface area (Å²) in [4.78, 5) is 4.31. The standard InChI is InChI=1S/C15H19N5/c1-3-4-11(2)20-10-12(9-18-20)13-5-7-17-15-14(13)6-8-19(15)16/h5-11H,3-4,16H2,1-2H3/t11-/m0/s1. The fourth-order valence-electron chi connectivity index (χ4n) is 2.58. The molecule has 0 unspecified atom stereocenters. The lowest BCUT2D eigenvalue weighted by molar-refractivity contribution is 0.455. The van der Waals surface area contributed by atoms with Crippen LogP contribution in [0.25, 0.3) is 22.2 Å². The summed E-state index contributed by atoms with van der Waals surface area (Å²) in [5.74, 6) is 5.85. The first-order chi connectivity index (χ1) is 9.70. The summed E-state index contributed by atoms with van der Waals surface area (Å²) in [7, 11) is 0. The van der Waals surface area contributed by atoms with E-state index in [0.29, 0.717) is 6.04 Å². The smallest absolute Gasteiger partial charge is 0.158 e. The van der Waals surface area contributed by atoms with Gasteiger partial charge in [0.05, 0.1) is 6.20 Å². The Bertz CT molecular complexity index is 725. The topological polar surface area (TPSA) is 61.7 Å². The molecule has 0 aromatic carbocycles. The van der Waals surface area contributed by atoms with E-state index in [2.05, 4.69) is 30.1 Å².